The molecule has 0 fully saturated rings. The lowest BCUT2D eigenvalue weighted by Gasteiger charge is -2.03. The number of ketones is 1. The van der Waals surface area contributed by atoms with Crippen LogP contribution in [0.3, 0.4) is 0 Å². The van der Waals surface area contributed by atoms with Crippen molar-refractivity contribution in [3.05, 3.63) is 65.5 Å². The third kappa shape index (κ3) is 3.61. The summed E-state index contributed by atoms with van der Waals surface area (Å²) in [5.74, 6) is -2.08. The molecule has 0 atom stereocenters. The van der Waals surface area contributed by atoms with Crippen LogP contribution in [-0.4, -0.2) is 11.5 Å². The molecule has 0 saturated carbocycles. The lowest BCUT2D eigenvalue weighted by molar-refractivity contribution is 0.102. The van der Waals surface area contributed by atoms with E-state index in [1.807, 2.05) is 0 Å². The molecule has 98 valence electrons. The summed E-state index contributed by atoms with van der Waals surface area (Å²) in [6.45, 7) is 0. The van der Waals surface area contributed by atoms with Gasteiger partial charge in [0.15, 0.2) is 5.78 Å². The number of hydrogen-bond donors (Lipinski definition) is 0. The van der Waals surface area contributed by atoms with Gasteiger partial charge in [-0.3, -0.25) is 4.79 Å². The van der Waals surface area contributed by atoms with Gasteiger partial charge in [0.25, 0.3) is 0 Å². The highest BCUT2D eigenvalue weighted by molar-refractivity contribution is 8.00. The number of halogens is 3. The highest BCUT2D eigenvalue weighted by Gasteiger charge is 2.10. The van der Waals surface area contributed by atoms with E-state index in [1.165, 1.54) is 18.2 Å². The zero-order chi connectivity index (χ0) is 13.8. The molecule has 0 radical (unpaired) electrons. The molecule has 0 heterocycles. The number of hydrogen-bond acceptors (Lipinski definition) is 2. The Morgan fingerprint density at radius 3 is 2.47 bits per heavy atom. The number of carbonyl (C=O) groups excluding carboxylic acids is 1. The summed E-state index contributed by atoms with van der Waals surface area (Å²) in [4.78, 5) is 11.8. The minimum Gasteiger partial charge on any atom is -0.293 e. The number of Topliss-reactive ketones (excluding diaryl/α,β-unsaturated/α-hetero) is 1. The van der Waals surface area contributed by atoms with E-state index < -0.39 is 17.5 Å². The first-order chi connectivity index (χ1) is 9.06. The van der Waals surface area contributed by atoms with Crippen molar-refractivity contribution in [3.63, 3.8) is 0 Å². The van der Waals surface area contributed by atoms with Gasteiger partial charge in [-0.15, -0.1) is 11.8 Å². The van der Waals surface area contributed by atoms with Crippen LogP contribution in [0.5, 0.6) is 0 Å². The van der Waals surface area contributed by atoms with Gasteiger partial charge in [0.2, 0.25) is 0 Å². The highest BCUT2D eigenvalue weighted by atomic mass is 32.2. The van der Waals surface area contributed by atoms with Crippen molar-refractivity contribution >= 4 is 17.5 Å². The van der Waals surface area contributed by atoms with Crippen molar-refractivity contribution < 1.29 is 18.0 Å². The summed E-state index contributed by atoms with van der Waals surface area (Å²) in [7, 11) is 0. The first kappa shape index (κ1) is 13.7. The van der Waals surface area contributed by atoms with Gasteiger partial charge in [0, 0.05) is 10.5 Å². The molecule has 0 N–H and O–H groups in total. The molecule has 0 unspecified atom stereocenters. The number of carbonyl (C=O) groups is 1. The van der Waals surface area contributed by atoms with Crippen molar-refractivity contribution in [3.8, 4) is 0 Å². The Kier molecular flexibility index (Phi) is 4.27. The molecule has 1 nitrogen and oxygen atoms in total. The van der Waals surface area contributed by atoms with E-state index in [9.17, 15) is 18.0 Å². The van der Waals surface area contributed by atoms with Gasteiger partial charge < -0.3 is 0 Å². The van der Waals surface area contributed by atoms with Crippen LogP contribution in [0.1, 0.15) is 10.4 Å². The number of benzene rings is 2. The van der Waals surface area contributed by atoms with E-state index in [0.29, 0.717) is 0 Å². The Labute approximate surface area is 112 Å². The van der Waals surface area contributed by atoms with Gasteiger partial charge in [-0.25, -0.2) is 13.2 Å². The Bertz CT molecular complexity index is 613. The molecule has 2 aromatic rings. The Morgan fingerprint density at radius 1 is 1.00 bits per heavy atom. The summed E-state index contributed by atoms with van der Waals surface area (Å²) in [5, 5.41) is 0. The van der Waals surface area contributed by atoms with Gasteiger partial charge >= 0.3 is 0 Å². The molecule has 0 amide bonds. The Hall–Kier alpha value is -1.75. The standard InChI is InChI=1S/C14H9F3OS/c15-10-3-1-2-9(6-10)13(18)8-19-14-7-11(16)4-5-12(14)17/h1-7H,8H2. The van der Waals surface area contributed by atoms with Crippen molar-refractivity contribution in [2.75, 3.05) is 5.75 Å². The normalized spacial score (nSPS) is 10.5. The second kappa shape index (κ2) is 5.93. The van der Waals surface area contributed by atoms with E-state index in [2.05, 4.69) is 0 Å². The van der Waals surface area contributed by atoms with Crippen molar-refractivity contribution in [2.45, 2.75) is 4.90 Å². The summed E-state index contributed by atoms with van der Waals surface area (Å²) in [5.41, 5.74) is 0.212. The third-order valence-corrected chi connectivity index (χ3v) is 3.43. The second-order valence-electron chi connectivity index (χ2n) is 3.80. The summed E-state index contributed by atoms with van der Waals surface area (Å²) in [6, 6.07) is 8.29. The zero-order valence-corrected chi connectivity index (χ0v) is 10.5. The second-order valence-corrected chi connectivity index (χ2v) is 4.81. The highest BCUT2D eigenvalue weighted by Crippen LogP contribution is 2.23. The van der Waals surface area contributed by atoms with Gasteiger partial charge in [0.05, 0.1) is 5.75 Å². The van der Waals surface area contributed by atoms with Gasteiger partial charge in [-0.2, -0.15) is 0 Å². The van der Waals surface area contributed by atoms with E-state index in [-0.39, 0.29) is 22.0 Å². The van der Waals surface area contributed by atoms with Crippen LogP contribution in [0.4, 0.5) is 13.2 Å². The maximum atomic E-state index is 13.3. The van der Waals surface area contributed by atoms with Crippen LogP contribution in [0, 0.1) is 17.5 Å². The van der Waals surface area contributed by atoms with Crippen LogP contribution in [0.25, 0.3) is 0 Å². The summed E-state index contributed by atoms with van der Waals surface area (Å²) in [6.07, 6.45) is 0. The van der Waals surface area contributed by atoms with E-state index in [0.717, 1.165) is 36.0 Å². The van der Waals surface area contributed by atoms with Crippen LogP contribution in [0.2, 0.25) is 0 Å². The lowest BCUT2D eigenvalue weighted by atomic mass is 10.1. The predicted octanol–water partition coefficient (Wildman–Crippen LogP) is 4.08. The first-order valence-electron chi connectivity index (χ1n) is 5.43. The molecule has 0 aromatic heterocycles. The molecule has 5 heteroatoms. The Morgan fingerprint density at radius 2 is 1.74 bits per heavy atom. The van der Waals surface area contributed by atoms with E-state index in [4.69, 9.17) is 0 Å². The minimum absolute atomic E-state index is 0.0600. The Balaban J connectivity index is 2.06. The van der Waals surface area contributed by atoms with Gasteiger partial charge in [0.1, 0.15) is 17.5 Å². The van der Waals surface area contributed by atoms with E-state index in [1.54, 1.807) is 0 Å². The molecule has 2 aromatic carbocycles. The fraction of sp³-hybridized carbons (Fsp3) is 0.0714. The van der Waals surface area contributed by atoms with Crippen molar-refractivity contribution in [1.29, 1.82) is 0 Å². The SMILES string of the molecule is O=C(CSc1cc(F)ccc1F)c1cccc(F)c1. The van der Waals surface area contributed by atoms with Crippen molar-refractivity contribution in [2.24, 2.45) is 0 Å². The van der Waals surface area contributed by atoms with Crippen LogP contribution in [0.15, 0.2) is 47.4 Å². The average Bonchev–Trinajstić information content (AvgIpc) is 2.39. The molecule has 0 aliphatic carbocycles. The van der Waals surface area contributed by atoms with Gasteiger partial charge in [-0.05, 0) is 30.3 Å². The maximum Gasteiger partial charge on any atom is 0.173 e. The quantitative estimate of drug-likeness (QED) is 0.621. The monoisotopic (exact) mass is 282 g/mol. The lowest BCUT2D eigenvalue weighted by Crippen LogP contribution is -2.03. The first-order valence-corrected chi connectivity index (χ1v) is 6.41. The molecule has 0 spiro atoms. The van der Waals surface area contributed by atoms with Gasteiger partial charge in [-0.1, -0.05) is 12.1 Å². The molecule has 0 aliphatic heterocycles. The van der Waals surface area contributed by atoms with Crippen LogP contribution >= 0.6 is 11.8 Å². The zero-order valence-electron chi connectivity index (χ0n) is 9.70. The number of thioether (sulfide) groups is 1. The molecule has 19 heavy (non-hydrogen) atoms. The summed E-state index contributed by atoms with van der Waals surface area (Å²) >= 11 is 0.883. The molecular formula is C14H9F3OS. The fourth-order valence-electron chi connectivity index (χ4n) is 1.48. The predicted molar refractivity (Wildman–Crippen MR) is 67.8 cm³/mol. The largest absolute Gasteiger partial charge is 0.293 e. The third-order valence-electron chi connectivity index (χ3n) is 2.40. The minimum atomic E-state index is -0.585. The average molecular weight is 282 g/mol. The molecule has 0 aliphatic rings. The smallest absolute Gasteiger partial charge is 0.173 e. The maximum absolute atomic E-state index is 13.3. The van der Waals surface area contributed by atoms with E-state index >= 15 is 0 Å². The molecule has 0 bridgehead atoms. The topological polar surface area (TPSA) is 17.1 Å². The molecule has 2 rings (SSSR count). The van der Waals surface area contributed by atoms with Crippen LogP contribution < -0.4 is 0 Å². The molecule has 0 saturated heterocycles. The number of rotatable bonds is 4. The molecular weight excluding hydrogens is 273 g/mol. The fourth-order valence-corrected chi connectivity index (χ4v) is 2.33. The van der Waals surface area contributed by atoms with Crippen LogP contribution in [-0.2, 0) is 0 Å². The van der Waals surface area contributed by atoms with Crippen molar-refractivity contribution in [1.82, 2.24) is 0 Å². The summed E-state index contributed by atoms with van der Waals surface area (Å²) < 4.78 is 39.2.